The van der Waals surface area contributed by atoms with Gasteiger partial charge in [-0.25, -0.2) is 0 Å². The fourth-order valence-electron chi connectivity index (χ4n) is 2.27. The SMILES string of the molecule is CC/C(=N/O)c1ccc(OCC2CCC(C)O2)cc1. The zero-order valence-electron chi connectivity index (χ0n) is 11.5. The van der Waals surface area contributed by atoms with Gasteiger partial charge in [0.15, 0.2) is 0 Å². The van der Waals surface area contributed by atoms with E-state index >= 15 is 0 Å². The third kappa shape index (κ3) is 3.70. The second-order valence-corrected chi connectivity index (χ2v) is 4.88. The molecule has 0 aromatic heterocycles. The lowest BCUT2D eigenvalue weighted by atomic mass is 10.1. The topological polar surface area (TPSA) is 51.1 Å². The summed E-state index contributed by atoms with van der Waals surface area (Å²) in [6.07, 6.45) is 3.43. The smallest absolute Gasteiger partial charge is 0.119 e. The van der Waals surface area contributed by atoms with E-state index in [1.807, 2.05) is 31.2 Å². The molecule has 1 heterocycles. The lowest BCUT2D eigenvalue weighted by molar-refractivity contribution is 0.0264. The van der Waals surface area contributed by atoms with E-state index in [2.05, 4.69) is 12.1 Å². The molecular weight excluding hydrogens is 242 g/mol. The second kappa shape index (κ2) is 6.57. The Kier molecular flexibility index (Phi) is 4.80. The van der Waals surface area contributed by atoms with Gasteiger partial charge in [0.1, 0.15) is 12.4 Å². The van der Waals surface area contributed by atoms with E-state index in [1.54, 1.807) is 0 Å². The van der Waals surface area contributed by atoms with Crippen LogP contribution in [-0.4, -0.2) is 29.7 Å². The van der Waals surface area contributed by atoms with Crippen molar-refractivity contribution in [3.63, 3.8) is 0 Å². The lowest BCUT2D eigenvalue weighted by Gasteiger charge is -2.13. The monoisotopic (exact) mass is 263 g/mol. The molecule has 0 bridgehead atoms. The minimum absolute atomic E-state index is 0.208. The van der Waals surface area contributed by atoms with Crippen LogP contribution in [0.2, 0.25) is 0 Å². The largest absolute Gasteiger partial charge is 0.491 e. The van der Waals surface area contributed by atoms with E-state index in [1.165, 1.54) is 0 Å². The van der Waals surface area contributed by atoms with Crippen LogP contribution in [0.3, 0.4) is 0 Å². The molecule has 104 valence electrons. The average Bonchev–Trinajstić information content (AvgIpc) is 2.85. The summed E-state index contributed by atoms with van der Waals surface area (Å²) in [5, 5.41) is 12.1. The molecule has 0 saturated carbocycles. The summed E-state index contributed by atoms with van der Waals surface area (Å²) in [4.78, 5) is 0. The van der Waals surface area contributed by atoms with Crippen LogP contribution in [0.15, 0.2) is 29.4 Å². The maximum absolute atomic E-state index is 8.86. The van der Waals surface area contributed by atoms with Gasteiger partial charge in [-0.15, -0.1) is 0 Å². The van der Waals surface area contributed by atoms with Crippen molar-refractivity contribution in [3.8, 4) is 5.75 Å². The molecule has 2 rings (SSSR count). The Morgan fingerprint density at radius 3 is 2.63 bits per heavy atom. The van der Waals surface area contributed by atoms with Crippen LogP contribution in [-0.2, 0) is 4.74 Å². The van der Waals surface area contributed by atoms with Gasteiger partial charge in [-0.2, -0.15) is 0 Å². The van der Waals surface area contributed by atoms with Crippen molar-refractivity contribution < 1.29 is 14.7 Å². The number of benzene rings is 1. The van der Waals surface area contributed by atoms with Crippen molar-refractivity contribution in [2.75, 3.05) is 6.61 Å². The molecule has 0 radical (unpaired) electrons. The quantitative estimate of drug-likeness (QED) is 0.504. The summed E-state index contributed by atoms with van der Waals surface area (Å²) in [6.45, 7) is 4.64. The van der Waals surface area contributed by atoms with E-state index in [9.17, 15) is 0 Å². The van der Waals surface area contributed by atoms with E-state index < -0.39 is 0 Å². The third-order valence-electron chi connectivity index (χ3n) is 3.40. The van der Waals surface area contributed by atoms with Crippen molar-refractivity contribution in [1.29, 1.82) is 0 Å². The van der Waals surface area contributed by atoms with Crippen LogP contribution >= 0.6 is 0 Å². The number of rotatable bonds is 5. The predicted molar refractivity (Wildman–Crippen MR) is 74.1 cm³/mol. The molecule has 0 spiro atoms. The summed E-state index contributed by atoms with van der Waals surface area (Å²) < 4.78 is 11.4. The number of ether oxygens (including phenoxy) is 2. The summed E-state index contributed by atoms with van der Waals surface area (Å²) in [5.74, 6) is 0.820. The van der Waals surface area contributed by atoms with Gasteiger partial charge in [-0.1, -0.05) is 12.1 Å². The molecule has 0 amide bonds. The molecule has 4 nitrogen and oxygen atoms in total. The normalized spacial score (nSPS) is 23.6. The van der Waals surface area contributed by atoms with Crippen molar-refractivity contribution in [2.24, 2.45) is 5.16 Å². The van der Waals surface area contributed by atoms with E-state index in [4.69, 9.17) is 14.7 Å². The molecule has 1 saturated heterocycles. The maximum atomic E-state index is 8.86. The van der Waals surface area contributed by atoms with Gasteiger partial charge in [-0.05, 0) is 56.0 Å². The number of nitrogens with zero attached hydrogens (tertiary/aromatic N) is 1. The van der Waals surface area contributed by atoms with Gasteiger partial charge < -0.3 is 14.7 Å². The molecule has 1 aromatic rings. The molecule has 2 atom stereocenters. The van der Waals surface area contributed by atoms with Crippen molar-refractivity contribution in [2.45, 2.75) is 45.3 Å². The second-order valence-electron chi connectivity index (χ2n) is 4.88. The molecule has 19 heavy (non-hydrogen) atoms. The Morgan fingerprint density at radius 1 is 1.37 bits per heavy atom. The zero-order valence-corrected chi connectivity index (χ0v) is 11.5. The van der Waals surface area contributed by atoms with Crippen LogP contribution in [0, 0.1) is 0 Å². The van der Waals surface area contributed by atoms with E-state index in [0.717, 1.165) is 24.2 Å². The van der Waals surface area contributed by atoms with Crippen LogP contribution in [0.4, 0.5) is 0 Å². The highest BCUT2D eigenvalue weighted by atomic mass is 16.5. The molecule has 0 aliphatic carbocycles. The fourth-order valence-corrected chi connectivity index (χ4v) is 2.27. The standard InChI is InChI=1S/C15H21NO3/c1-3-15(16-17)12-5-8-13(9-6-12)18-10-14-7-4-11(2)19-14/h5-6,8-9,11,14,17H,3-4,7,10H2,1-2H3/b16-15-. The van der Waals surface area contributed by atoms with Crippen LogP contribution < -0.4 is 4.74 Å². The highest BCUT2D eigenvalue weighted by Crippen LogP contribution is 2.21. The molecule has 1 aromatic carbocycles. The summed E-state index contributed by atoms with van der Waals surface area (Å²) in [7, 11) is 0. The lowest BCUT2D eigenvalue weighted by Crippen LogP contribution is -2.17. The van der Waals surface area contributed by atoms with Crippen molar-refractivity contribution >= 4 is 5.71 Å². The molecular formula is C15H21NO3. The molecule has 1 fully saturated rings. The Labute approximate surface area is 114 Å². The van der Waals surface area contributed by atoms with Crippen molar-refractivity contribution in [3.05, 3.63) is 29.8 Å². The first-order chi connectivity index (χ1) is 9.22. The van der Waals surface area contributed by atoms with Gasteiger partial charge in [0.25, 0.3) is 0 Å². The Bertz CT molecular complexity index is 428. The van der Waals surface area contributed by atoms with Crippen LogP contribution in [0.25, 0.3) is 0 Å². The van der Waals surface area contributed by atoms with E-state index in [0.29, 0.717) is 24.8 Å². The van der Waals surface area contributed by atoms with Gasteiger partial charge in [0.05, 0.1) is 17.9 Å². The number of hydrogen-bond donors (Lipinski definition) is 1. The summed E-state index contributed by atoms with van der Waals surface area (Å²) in [5.41, 5.74) is 1.60. The first kappa shape index (κ1) is 13.9. The van der Waals surface area contributed by atoms with Gasteiger partial charge in [0.2, 0.25) is 0 Å². The number of oxime groups is 1. The van der Waals surface area contributed by atoms with E-state index in [-0.39, 0.29) is 6.10 Å². The average molecular weight is 263 g/mol. The van der Waals surface area contributed by atoms with Gasteiger partial charge in [0, 0.05) is 0 Å². The van der Waals surface area contributed by atoms with Crippen molar-refractivity contribution in [1.82, 2.24) is 0 Å². The summed E-state index contributed by atoms with van der Waals surface area (Å²) in [6, 6.07) is 7.61. The predicted octanol–water partition coefficient (Wildman–Crippen LogP) is 3.22. The van der Waals surface area contributed by atoms with Crippen LogP contribution in [0.1, 0.15) is 38.7 Å². The Morgan fingerprint density at radius 2 is 2.11 bits per heavy atom. The van der Waals surface area contributed by atoms with Gasteiger partial charge in [-0.3, -0.25) is 0 Å². The highest BCUT2D eigenvalue weighted by molar-refractivity contribution is 6.00. The highest BCUT2D eigenvalue weighted by Gasteiger charge is 2.22. The minimum Gasteiger partial charge on any atom is -0.491 e. The summed E-state index contributed by atoms with van der Waals surface area (Å²) >= 11 is 0. The van der Waals surface area contributed by atoms with Gasteiger partial charge >= 0.3 is 0 Å². The molecule has 4 heteroatoms. The minimum atomic E-state index is 0.208. The zero-order chi connectivity index (χ0) is 13.7. The van der Waals surface area contributed by atoms with Crippen LogP contribution in [0.5, 0.6) is 5.75 Å². The fraction of sp³-hybridized carbons (Fsp3) is 0.533. The Balaban J connectivity index is 1.88. The Hall–Kier alpha value is -1.55. The maximum Gasteiger partial charge on any atom is 0.119 e. The molecule has 1 aliphatic heterocycles. The third-order valence-corrected chi connectivity index (χ3v) is 3.40. The molecule has 2 unspecified atom stereocenters. The number of hydrogen-bond acceptors (Lipinski definition) is 4. The molecule has 1 aliphatic rings. The first-order valence-corrected chi connectivity index (χ1v) is 6.82. The first-order valence-electron chi connectivity index (χ1n) is 6.82. The molecule has 1 N–H and O–H groups in total.